The Morgan fingerprint density at radius 2 is 2.35 bits per heavy atom. The van der Waals surface area contributed by atoms with E-state index in [0.717, 1.165) is 18.7 Å². The number of likely N-dealkylation sites (tertiary alicyclic amines) is 1. The first kappa shape index (κ1) is 11.8. The second kappa shape index (κ2) is 4.67. The molecular weight excluding hydrogens is 218 g/mol. The van der Waals surface area contributed by atoms with E-state index in [0.29, 0.717) is 24.6 Å². The molecule has 6 nitrogen and oxygen atoms in total. The summed E-state index contributed by atoms with van der Waals surface area (Å²) in [6.07, 6.45) is 1.42. The van der Waals surface area contributed by atoms with Crippen LogP contribution in [0.25, 0.3) is 0 Å². The van der Waals surface area contributed by atoms with E-state index in [4.69, 9.17) is 11.5 Å². The topological polar surface area (TPSA) is 98.1 Å². The summed E-state index contributed by atoms with van der Waals surface area (Å²) in [4.78, 5) is 21.4. The molecule has 1 aromatic rings. The van der Waals surface area contributed by atoms with Gasteiger partial charge in [-0.25, -0.2) is 9.97 Å². The van der Waals surface area contributed by atoms with Crippen LogP contribution in [-0.2, 0) is 4.79 Å². The van der Waals surface area contributed by atoms with Gasteiger partial charge in [0.1, 0.15) is 11.6 Å². The lowest BCUT2D eigenvalue weighted by Gasteiger charge is -2.40. The van der Waals surface area contributed by atoms with Crippen molar-refractivity contribution < 1.29 is 4.79 Å². The van der Waals surface area contributed by atoms with Crippen molar-refractivity contribution >= 4 is 11.7 Å². The van der Waals surface area contributed by atoms with Gasteiger partial charge in [-0.2, -0.15) is 0 Å². The molecule has 0 aliphatic carbocycles. The molecular formula is C11H17N5O. The maximum Gasteiger partial charge on any atom is 0.218 e. The summed E-state index contributed by atoms with van der Waals surface area (Å²) >= 11 is 0. The van der Waals surface area contributed by atoms with E-state index in [1.165, 1.54) is 0 Å². The van der Waals surface area contributed by atoms with Crippen molar-refractivity contribution in [2.45, 2.75) is 25.8 Å². The average Bonchev–Trinajstić information content (AvgIpc) is 2.13. The van der Waals surface area contributed by atoms with Crippen LogP contribution in [-0.4, -0.2) is 33.9 Å². The highest BCUT2D eigenvalue weighted by atomic mass is 16.1. The van der Waals surface area contributed by atoms with Crippen molar-refractivity contribution in [2.75, 3.05) is 18.8 Å². The fourth-order valence-electron chi connectivity index (χ4n) is 2.08. The van der Waals surface area contributed by atoms with E-state index < -0.39 is 0 Å². The Balaban J connectivity index is 2.04. The Labute approximate surface area is 100 Å². The Morgan fingerprint density at radius 3 is 2.88 bits per heavy atom. The smallest absolute Gasteiger partial charge is 0.218 e. The first-order valence-corrected chi connectivity index (χ1v) is 5.69. The molecule has 6 heteroatoms. The zero-order valence-electron chi connectivity index (χ0n) is 9.89. The number of nitrogens with zero attached hydrogens (tertiary/aromatic N) is 3. The van der Waals surface area contributed by atoms with Crippen LogP contribution in [0.1, 0.15) is 30.4 Å². The number of hydrogen-bond acceptors (Lipinski definition) is 5. The van der Waals surface area contributed by atoms with Gasteiger partial charge in [-0.3, -0.25) is 9.69 Å². The quantitative estimate of drug-likeness (QED) is 0.764. The Kier molecular flexibility index (Phi) is 3.23. The highest BCUT2D eigenvalue weighted by molar-refractivity contribution is 5.73. The van der Waals surface area contributed by atoms with Crippen molar-refractivity contribution in [3.63, 3.8) is 0 Å². The summed E-state index contributed by atoms with van der Waals surface area (Å²) < 4.78 is 0. The van der Waals surface area contributed by atoms with E-state index in [2.05, 4.69) is 14.9 Å². The first-order chi connectivity index (χ1) is 8.06. The molecule has 1 aliphatic rings. The van der Waals surface area contributed by atoms with Crippen molar-refractivity contribution in [3.8, 4) is 0 Å². The van der Waals surface area contributed by atoms with Gasteiger partial charge < -0.3 is 11.5 Å². The van der Waals surface area contributed by atoms with Gasteiger partial charge in [0.2, 0.25) is 5.91 Å². The van der Waals surface area contributed by atoms with Crippen LogP contribution in [0.4, 0.5) is 5.82 Å². The molecule has 1 fully saturated rings. The normalized spacial score (nSPS) is 19.9. The summed E-state index contributed by atoms with van der Waals surface area (Å²) in [5.74, 6) is 0.907. The van der Waals surface area contributed by atoms with Crippen molar-refractivity contribution in [3.05, 3.63) is 17.6 Å². The molecule has 1 aromatic heterocycles. The molecule has 0 saturated carbocycles. The summed E-state index contributed by atoms with van der Waals surface area (Å²) in [7, 11) is 0. The zero-order valence-corrected chi connectivity index (χ0v) is 9.89. The second-order valence-electron chi connectivity index (χ2n) is 4.32. The minimum Gasteiger partial charge on any atom is -0.384 e. The summed E-state index contributed by atoms with van der Waals surface area (Å²) in [6.45, 7) is 3.48. The third-order valence-corrected chi connectivity index (χ3v) is 2.99. The number of primary amides is 1. The molecule has 2 rings (SSSR count). The van der Waals surface area contributed by atoms with Gasteiger partial charge in [0.05, 0.1) is 11.7 Å². The standard InChI is InChI=1S/C11H17N5O/c1-7-14-8(6-10(12)15-7)9-2-4-16(9)5-3-11(13)17/h6,9H,2-5H2,1H3,(H2,13,17)(H2,12,14,15)/t9-/m0/s1. The molecule has 0 radical (unpaired) electrons. The summed E-state index contributed by atoms with van der Waals surface area (Å²) in [6, 6.07) is 2.05. The highest BCUT2D eigenvalue weighted by Crippen LogP contribution is 2.32. The lowest BCUT2D eigenvalue weighted by molar-refractivity contribution is -0.118. The number of aromatic nitrogens is 2. The molecule has 0 aromatic carbocycles. The van der Waals surface area contributed by atoms with Gasteiger partial charge in [-0.1, -0.05) is 0 Å². The number of carbonyl (C=O) groups excluding carboxylic acids is 1. The van der Waals surface area contributed by atoms with E-state index in [1.807, 2.05) is 6.92 Å². The van der Waals surface area contributed by atoms with Crippen molar-refractivity contribution in [1.82, 2.24) is 14.9 Å². The molecule has 0 bridgehead atoms. The van der Waals surface area contributed by atoms with E-state index >= 15 is 0 Å². The largest absolute Gasteiger partial charge is 0.384 e. The van der Waals surface area contributed by atoms with Crippen LogP contribution in [0.3, 0.4) is 0 Å². The van der Waals surface area contributed by atoms with E-state index in [-0.39, 0.29) is 11.9 Å². The fraction of sp³-hybridized carbons (Fsp3) is 0.545. The van der Waals surface area contributed by atoms with Gasteiger partial charge in [0, 0.05) is 25.6 Å². The predicted octanol–water partition coefficient (Wildman–Crippen LogP) is -0.0106. The summed E-state index contributed by atoms with van der Waals surface area (Å²) in [5, 5.41) is 0. The third kappa shape index (κ3) is 2.71. The second-order valence-corrected chi connectivity index (χ2v) is 4.32. The number of hydrogen-bond donors (Lipinski definition) is 2. The molecule has 4 N–H and O–H groups in total. The SMILES string of the molecule is Cc1nc(N)cc([C@@H]2CCN2CCC(N)=O)n1. The molecule has 0 spiro atoms. The van der Waals surface area contributed by atoms with Gasteiger partial charge in [-0.05, 0) is 13.3 Å². The molecule has 1 aliphatic heterocycles. The first-order valence-electron chi connectivity index (χ1n) is 5.69. The number of carbonyl (C=O) groups is 1. The maximum absolute atomic E-state index is 10.7. The van der Waals surface area contributed by atoms with E-state index in [9.17, 15) is 4.79 Å². The monoisotopic (exact) mass is 235 g/mol. The highest BCUT2D eigenvalue weighted by Gasteiger charge is 2.30. The number of nitrogens with two attached hydrogens (primary N) is 2. The molecule has 17 heavy (non-hydrogen) atoms. The predicted molar refractivity (Wildman–Crippen MR) is 63.9 cm³/mol. The van der Waals surface area contributed by atoms with Crippen LogP contribution in [0.5, 0.6) is 0 Å². The van der Waals surface area contributed by atoms with Gasteiger partial charge >= 0.3 is 0 Å². The molecule has 1 atom stereocenters. The number of nitrogen functional groups attached to an aromatic ring is 1. The lowest BCUT2D eigenvalue weighted by atomic mass is 9.99. The maximum atomic E-state index is 10.7. The number of anilines is 1. The van der Waals surface area contributed by atoms with Crippen molar-refractivity contribution in [1.29, 1.82) is 0 Å². The lowest BCUT2D eigenvalue weighted by Crippen LogP contribution is -2.43. The molecule has 1 saturated heterocycles. The number of amides is 1. The van der Waals surface area contributed by atoms with Gasteiger partial charge in [0.15, 0.2) is 0 Å². The summed E-state index contributed by atoms with van der Waals surface area (Å²) in [5.41, 5.74) is 11.8. The molecule has 0 unspecified atom stereocenters. The Bertz CT molecular complexity index is 414. The molecule has 92 valence electrons. The van der Waals surface area contributed by atoms with Crippen LogP contribution in [0, 0.1) is 6.92 Å². The number of aryl methyl sites for hydroxylation is 1. The zero-order chi connectivity index (χ0) is 12.4. The third-order valence-electron chi connectivity index (χ3n) is 2.99. The van der Waals surface area contributed by atoms with Crippen LogP contribution < -0.4 is 11.5 Å². The Morgan fingerprint density at radius 1 is 1.59 bits per heavy atom. The average molecular weight is 235 g/mol. The molecule has 1 amide bonds. The number of rotatable bonds is 4. The minimum atomic E-state index is -0.269. The van der Waals surface area contributed by atoms with Gasteiger partial charge in [0.25, 0.3) is 0 Å². The fourth-order valence-corrected chi connectivity index (χ4v) is 2.08. The molecule has 2 heterocycles. The van der Waals surface area contributed by atoms with Gasteiger partial charge in [-0.15, -0.1) is 0 Å². The van der Waals surface area contributed by atoms with Crippen LogP contribution in [0.15, 0.2) is 6.07 Å². The van der Waals surface area contributed by atoms with E-state index in [1.54, 1.807) is 6.07 Å². The Hall–Kier alpha value is -1.69. The minimum absolute atomic E-state index is 0.248. The van der Waals surface area contributed by atoms with Crippen molar-refractivity contribution in [2.24, 2.45) is 5.73 Å². The van der Waals surface area contributed by atoms with Crippen LogP contribution in [0.2, 0.25) is 0 Å². The van der Waals surface area contributed by atoms with Crippen LogP contribution >= 0.6 is 0 Å².